The van der Waals surface area contributed by atoms with Crippen LogP contribution in [0.5, 0.6) is 0 Å². The predicted molar refractivity (Wildman–Crippen MR) is 70.4 cm³/mol. The minimum Gasteiger partial charge on any atom is -0.465 e. The maximum atomic E-state index is 12.4. The molecule has 0 aliphatic heterocycles. The van der Waals surface area contributed by atoms with Gasteiger partial charge in [0.15, 0.2) is 0 Å². The van der Waals surface area contributed by atoms with Crippen molar-refractivity contribution in [1.29, 1.82) is 0 Å². The largest absolute Gasteiger partial charge is 0.465 e. The lowest BCUT2D eigenvalue weighted by atomic mass is 10.1. The van der Waals surface area contributed by atoms with Crippen LogP contribution < -0.4 is 0 Å². The van der Waals surface area contributed by atoms with Crippen molar-refractivity contribution in [3.63, 3.8) is 0 Å². The molecule has 0 amide bonds. The molecular formula is C13H16F3NO2S. The second-order valence-corrected chi connectivity index (χ2v) is 5.58. The summed E-state index contributed by atoms with van der Waals surface area (Å²) in [6, 6.07) is 2.22. The van der Waals surface area contributed by atoms with E-state index >= 15 is 0 Å². The number of pyridine rings is 1. The Hall–Kier alpha value is -1.24. The molecular weight excluding hydrogens is 291 g/mol. The fourth-order valence-electron chi connectivity index (χ4n) is 1.43. The summed E-state index contributed by atoms with van der Waals surface area (Å²) in [6.07, 6.45) is -3.64. The number of nitrogens with zero attached hydrogens (tertiary/aromatic N) is 1. The van der Waals surface area contributed by atoms with Crippen LogP contribution in [0.25, 0.3) is 0 Å². The molecule has 7 heteroatoms. The average molecular weight is 307 g/mol. The molecule has 1 heterocycles. The number of carbonyl (C=O) groups is 1. The van der Waals surface area contributed by atoms with E-state index in [2.05, 4.69) is 4.98 Å². The molecule has 1 atom stereocenters. The van der Waals surface area contributed by atoms with Gasteiger partial charge in [0.25, 0.3) is 0 Å². The van der Waals surface area contributed by atoms with E-state index in [-0.39, 0.29) is 18.5 Å². The number of hydrogen-bond acceptors (Lipinski definition) is 4. The molecule has 112 valence electrons. The molecule has 0 aliphatic carbocycles. The van der Waals surface area contributed by atoms with Crippen LogP contribution in [-0.4, -0.2) is 22.8 Å². The molecule has 0 spiro atoms. The fourth-order valence-corrected chi connectivity index (χ4v) is 2.39. The Kier molecular flexibility index (Phi) is 5.86. The van der Waals surface area contributed by atoms with Crippen molar-refractivity contribution < 1.29 is 22.7 Å². The number of halogens is 3. The first kappa shape index (κ1) is 16.8. The Bertz CT molecular complexity index is 446. The third-order valence-corrected chi connectivity index (χ3v) is 3.91. The van der Waals surface area contributed by atoms with Crippen molar-refractivity contribution in [2.24, 2.45) is 5.92 Å². The van der Waals surface area contributed by atoms with Gasteiger partial charge in [-0.1, -0.05) is 25.6 Å². The Balaban J connectivity index is 2.82. The first-order valence-corrected chi connectivity index (χ1v) is 7.00. The van der Waals surface area contributed by atoms with Crippen LogP contribution in [0.3, 0.4) is 0 Å². The fraction of sp³-hybridized carbons (Fsp3) is 0.538. The molecule has 0 aliphatic rings. The van der Waals surface area contributed by atoms with E-state index in [1.807, 2.05) is 13.8 Å². The van der Waals surface area contributed by atoms with E-state index < -0.39 is 17.0 Å². The van der Waals surface area contributed by atoms with Gasteiger partial charge in [0.2, 0.25) is 0 Å². The van der Waals surface area contributed by atoms with Crippen molar-refractivity contribution in [3.8, 4) is 0 Å². The van der Waals surface area contributed by atoms with Crippen molar-refractivity contribution >= 4 is 17.7 Å². The molecule has 0 saturated carbocycles. The molecule has 1 aromatic rings. The summed E-state index contributed by atoms with van der Waals surface area (Å²) in [7, 11) is 0. The Morgan fingerprint density at radius 1 is 1.40 bits per heavy atom. The molecule has 20 heavy (non-hydrogen) atoms. The van der Waals surface area contributed by atoms with Crippen LogP contribution in [0, 0.1) is 5.92 Å². The maximum Gasteiger partial charge on any atom is 0.417 e. The molecule has 1 unspecified atom stereocenters. The van der Waals surface area contributed by atoms with Gasteiger partial charge in [-0.3, -0.25) is 4.79 Å². The van der Waals surface area contributed by atoms with Gasteiger partial charge in [0, 0.05) is 6.20 Å². The topological polar surface area (TPSA) is 39.2 Å². The van der Waals surface area contributed by atoms with Crippen LogP contribution >= 0.6 is 11.8 Å². The van der Waals surface area contributed by atoms with Crippen molar-refractivity contribution in [2.75, 3.05) is 6.61 Å². The van der Waals surface area contributed by atoms with E-state index in [0.717, 1.165) is 24.0 Å². The highest BCUT2D eigenvalue weighted by molar-refractivity contribution is 8.00. The van der Waals surface area contributed by atoms with Crippen molar-refractivity contribution in [1.82, 2.24) is 4.98 Å². The second-order valence-electron chi connectivity index (χ2n) is 4.42. The van der Waals surface area contributed by atoms with Crippen molar-refractivity contribution in [3.05, 3.63) is 23.9 Å². The molecule has 1 aromatic heterocycles. The number of hydrogen-bond donors (Lipinski definition) is 0. The smallest absolute Gasteiger partial charge is 0.417 e. The van der Waals surface area contributed by atoms with Crippen LogP contribution in [0.4, 0.5) is 13.2 Å². The van der Waals surface area contributed by atoms with E-state index in [0.29, 0.717) is 5.03 Å². The molecule has 0 bridgehead atoms. The van der Waals surface area contributed by atoms with Crippen LogP contribution in [-0.2, 0) is 15.7 Å². The van der Waals surface area contributed by atoms with E-state index in [1.54, 1.807) is 6.92 Å². The normalized spacial score (nSPS) is 13.3. The Morgan fingerprint density at radius 3 is 2.45 bits per heavy atom. The summed E-state index contributed by atoms with van der Waals surface area (Å²) in [5, 5.41) is -0.121. The van der Waals surface area contributed by atoms with Gasteiger partial charge in [0.1, 0.15) is 5.25 Å². The lowest BCUT2D eigenvalue weighted by Gasteiger charge is -2.18. The first-order valence-electron chi connectivity index (χ1n) is 6.12. The first-order chi connectivity index (χ1) is 9.25. The molecule has 1 rings (SSSR count). The summed E-state index contributed by atoms with van der Waals surface area (Å²) < 4.78 is 42.2. The Morgan fingerprint density at radius 2 is 2.05 bits per heavy atom. The lowest BCUT2D eigenvalue weighted by Crippen LogP contribution is -2.25. The van der Waals surface area contributed by atoms with Crippen molar-refractivity contribution in [2.45, 2.75) is 37.2 Å². The van der Waals surface area contributed by atoms with E-state index in [9.17, 15) is 18.0 Å². The highest BCUT2D eigenvalue weighted by atomic mass is 32.2. The monoisotopic (exact) mass is 307 g/mol. The molecule has 0 saturated heterocycles. The van der Waals surface area contributed by atoms with E-state index in [1.165, 1.54) is 6.07 Å². The summed E-state index contributed by atoms with van der Waals surface area (Å²) in [6.45, 7) is 5.66. The quantitative estimate of drug-likeness (QED) is 0.613. The highest BCUT2D eigenvalue weighted by Crippen LogP contribution is 2.32. The third kappa shape index (κ3) is 4.70. The number of aromatic nitrogens is 1. The minimum atomic E-state index is -4.41. The maximum absolute atomic E-state index is 12.4. The number of alkyl halides is 3. The van der Waals surface area contributed by atoms with Gasteiger partial charge >= 0.3 is 12.1 Å². The zero-order valence-corrected chi connectivity index (χ0v) is 12.2. The SMILES string of the molecule is CCOC(=O)C(Sc1ccc(C(F)(F)F)cn1)C(C)C. The number of esters is 1. The van der Waals surface area contributed by atoms with E-state index in [4.69, 9.17) is 4.74 Å². The average Bonchev–Trinajstić information content (AvgIpc) is 2.35. The molecule has 0 N–H and O–H groups in total. The van der Waals surface area contributed by atoms with Gasteiger partial charge in [-0.2, -0.15) is 13.2 Å². The zero-order valence-electron chi connectivity index (χ0n) is 11.4. The van der Waals surface area contributed by atoms with Gasteiger partial charge in [-0.25, -0.2) is 4.98 Å². The van der Waals surface area contributed by atoms with Gasteiger partial charge in [-0.15, -0.1) is 0 Å². The minimum absolute atomic E-state index is 0.0110. The number of rotatable bonds is 5. The second kappa shape index (κ2) is 6.97. The van der Waals surface area contributed by atoms with Crippen LogP contribution in [0.2, 0.25) is 0 Å². The Labute approximate surface area is 119 Å². The standard InChI is InChI=1S/C13H16F3NO2S/c1-4-19-12(18)11(8(2)3)20-10-6-5-9(7-17-10)13(14,15)16/h5-8,11H,4H2,1-3H3. The third-order valence-electron chi connectivity index (χ3n) is 2.44. The number of ether oxygens (including phenoxy) is 1. The summed E-state index contributed by atoms with van der Waals surface area (Å²) in [5.74, 6) is -0.391. The van der Waals surface area contributed by atoms with Gasteiger partial charge in [0.05, 0.1) is 17.2 Å². The van der Waals surface area contributed by atoms with Gasteiger partial charge in [-0.05, 0) is 25.0 Å². The lowest BCUT2D eigenvalue weighted by molar-refractivity contribution is -0.143. The molecule has 3 nitrogen and oxygen atoms in total. The predicted octanol–water partition coefficient (Wildman–Crippen LogP) is 3.78. The summed E-state index contributed by atoms with van der Waals surface area (Å²) >= 11 is 1.11. The van der Waals surface area contributed by atoms with Crippen LogP contribution in [0.15, 0.2) is 23.4 Å². The number of thioether (sulfide) groups is 1. The zero-order chi connectivity index (χ0) is 15.3. The molecule has 0 aromatic carbocycles. The molecule has 0 fully saturated rings. The molecule has 0 radical (unpaired) electrons. The van der Waals surface area contributed by atoms with Crippen LogP contribution in [0.1, 0.15) is 26.3 Å². The number of carbonyl (C=O) groups excluding carboxylic acids is 1. The summed E-state index contributed by atoms with van der Waals surface area (Å²) in [4.78, 5) is 15.5. The highest BCUT2D eigenvalue weighted by Gasteiger charge is 2.31. The van der Waals surface area contributed by atoms with Gasteiger partial charge < -0.3 is 4.74 Å². The summed E-state index contributed by atoms with van der Waals surface area (Å²) in [5.41, 5.74) is -0.806.